The molecule has 8 heteroatoms. The van der Waals surface area contributed by atoms with Gasteiger partial charge in [-0.1, -0.05) is 30.3 Å². The lowest BCUT2D eigenvalue weighted by molar-refractivity contribution is -0.115. The normalized spacial score (nSPS) is 10.7. The largest absolute Gasteiger partial charge is 0.493 e. The third-order valence-electron chi connectivity index (χ3n) is 5.87. The van der Waals surface area contributed by atoms with Crippen molar-refractivity contribution >= 4 is 39.7 Å². The standard InChI is InChI=1S/C30H31N3O4S/c1-22(34)33(26-7-4-3-5-8-26)27-13-11-23(12-14-27)9-10-24-19-25(29(35)32-30-31-15-18-38-30)21-28(20-24)37-17-6-16-36-2/h3-5,7-8,11-15,18-21H,6,9-10,16-17H2,1-2H3,(H,31,32,35). The fourth-order valence-electron chi connectivity index (χ4n) is 4.06. The van der Waals surface area contributed by atoms with Crippen molar-refractivity contribution in [2.24, 2.45) is 0 Å². The monoisotopic (exact) mass is 529 g/mol. The van der Waals surface area contributed by atoms with Gasteiger partial charge in [0.25, 0.3) is 5.91 Å². The van der Waals surface area contributed by atoms with Crippen LogP contribution in [-0.4, -0.2) is 37.1 Å². The topological polar surface area (TPSA) is 80.8 Å². The second-order valence-corrected chi connectivity index (χ2v) is 9.60. The van der Waals surface area contributed by atoms with Crippen LogP contribution in [0.4, 0.5) is 16.5 Å². The highest BCUT2D eigenvalue weighted by Gasteiger charge is 2.14. The zero-order valence-corrected chi connectivity index (χ0v) is 22.4. The molecule has 2 amide bonds. The molecule has 1 N–H and O–H groups in total. The first-order valence-electron chi connectivity index (χ1n) is 12.4. The first-order chi connectivity index (χ1) is 18.5. The van der Waals surface area contributed by atoms with E-state index in [9.17, 15) is 9.59 Å². The number of thiazole rings is 1. The summed E-state index contributed by atoms with van der Waals surface area (Å²) in [6.45, 7) is 2.67. The molecule has 7 nitrogen and oxygen atoms in total. The van der Waals surface area contributed by atoms with Crippen LogP contribution in [0.15, 0.2) is 84.4 Å². The van der Waals surface area contributed by atoms with Crippen LogP contribution in [0.5, 0.6) is 5.75 Å². The molecule has 0 bridgehead atoms. The number of ether oxygens (including phenoxy) is 2. The van der Waals surface area contributed by atoms with E-state index in [1.807, 2.05) is 72.1 Å². The molecule has 1 heterocycles. The van der Waals surface area contributed by atoms with Crippen LogP contribution in [-0.2, 0) is 22.4 Å². The van der Waals surface area contributed by atoms with Crippen LogP contribution in [0.25, 0.3) is 0 Å². The summed E-state index contributed by atoms with van der Waals surface area (Å²) in [6, 6.07) is 23.2. The molecular weight excluding hydrogens is 498 g/mol. The lowest BCUT2D eigenvalue weighted by Crippen LogP contribution is -2.22. The molecule has 4 rings (SSSR count). The van der Waals surface area contributed by atoms with Gasteiger partial charge >= 0.3 is 0 Å². The summed E-state index contributed by atoms with van der Waals surface area (Å²) in [7, 11) is 1.66. The average molecular weight is 530 g/mol. The summed E-state index contributed by atoms with van der Waals surface area (Å²) in [6.07, 6.45) is 3.91. The molecule has 1 aromatic heterocycles. The average Bonchev–Trinajstić information content (AvgIpc) is 3.44. The highest BCUT2D eigenvalue weighted by Crippen LogP contribution is 2.26. The van der Waals surface area contributed by atoms with E-state index in [-0.39, 0.29) is 11.8 Å². The third-order valence-corrected chi connectivity index (χ3v) is 6.56. The van der Waals surface area contributed by atoms with E-state index in [0.29, 0.717) is 29.7 Å². The third kappa shape index (κ3) is 7.50. The number of amides is 2. The van der Waals surface area contributed by atoms with Gasteiger partial charge in [-0.05, 0) is 66.4 Å². The van der Waals surface area contributed by atoms with Gasteiger partial charge in [0.15, 0.2) is 5.13 Å². The van der Waals surface area contributed by atoms with E-state index in [1.54, 1.807) is 31.2 Å². The fraction of sp³-hybridized carbons (Fsp3) is 0.233. The van der Waals surface area contributed by atoms with Crippen molar-refractivity contribution in [3.8, 4) is 5.75 Å². The number of nitrogens with zero attached hydrogens (tertiary/aromatic N) is 2. The zero-order valence-electron chi connectivity index (χ0n) is 21.6. The van der Waals surface area contributed by atoms with Crippen molar-refractivity contribution < 1.29 is 19.1 Å². The molecule has 0 saturated carbocycles. The van der Waals surface area contributed by atoms with E-state index >= 15 is 0 Å². The maximum atomic E-state index is 12.9. The Morgan fingerprint density at radius 3 is 2.34 bits per heavy atom. The van der Waals surface area contributed by atoms with E-state index in [2.05, 4.69) is 10.3 Å². The van der Waals surface area contributed by atoms with E-state index in [1.165, 1.54) is 11.3 Å². The Hall–Kier alpha value is -4.01. The van der Waals surface area contributed by atoms with E-state index < -0.39 is 0 Å². The molecule has 0 aliphatic heterocycles. The van der Waals surface area contributed by atoms with Gasteiger partial charge in [-0.25, -0.2) is 4.98 Å². The van der Waals surface area contributed by atoms with Gasteiger partial charge in [0.2, 0.25) is 5.91 Å². The molecule has 3 aromatic carbocycles. The van der Waals surface area contributed by atoms with Crippen LogP contribution in [0.3, 0.4) is 0 Å². The summed E-state index contributed by atoms with van der Waals surface area (Å²) in [4.78, 5) is 31.1. The predicted octanol–water partition coefficient (Wildman–Crippen LogP) is 6.28. The highest BCUT2D eigenvalue weighted by atomic mass is 32.1. The summed E-state index contributed by atoms with van der Waals surface area (Å²) in [5.41, 5.74) is 4.30. The molecule has 0 atom stereocenters. The second kappa shape index (κ2) is 13.5. The number of carbonyl (C=O) groups excluding carboxylic acids is 2. The van der Waals surface area contributed by atoms with Crippen molar-refractivity contribution in [3.05, 3.63) is 101 Å². The molecule has 0 aliphatic rings. The SMILES string of the molecule is COCCCOc1cc(CCc2ccc(N(C(C)=O)c3ccccc3)cc2)cc(C(=O)Nc2nccs2)c1. The summed E-state index contributed by atoms with van der Waals surface area (Å²) < 4.78 is 11.0. The molecule has 0 saturated heterocycles. The molecule has 4 aromatic rings. The zero-order chi connectivity index (χ0) is 26.7. The van der Waals surface area contributed by atoms with Crippen LogP contribution < -0.4 is 15.0 Å². The van der Waals surface area contributed by atoms with Gasteiger partial charge in [-0.2, -0.15) is 0 Å². The molecule has 0 radical (unpaired) electrons. The van der Waals surface area contributed by atoms with Gasteiger partial charge in [0, 0.05) is 55.6 Å². The van der Waals surface area contributed by atoms with Gasteiger partial charge in [-0.15, -0.1) is 11.3 Å². The minimum atomic E-state index is -0.224. The minimum Gasteiger partial charge on any atom is -0.493 e. The molecule has 0 spiro atoms. The van der Waals surface area contributed by atoms with E-state index in [4.69, 9.17) is 9.47 Å². The van der Waals surface area contributed by atoms with Crippen molar-refractivity contribution in [1.29, 1.82) is 0 Å². The van der Waals surface area contributed by atoms with Crippen molar-refractivity contribution in [2.75, 3.05) is 30.5 Å². The summed E-state index contributed by atoms with van der Waals surface area (Å²) >= 11 is 1.37. The smallest absolute Gasteiger partial charge is 0.257 e. The number of methoxy groups -OCH3 is 1. The second-order valence-electron chi connectivity index (χ2n) is 8.71. The van der Waals surface area contributed by atoms with Gasteiger partial charge in [-0.3, -0.25) is 19.8 Å². The Morgan fingerprint density at radius 2 is 1.66 bits per heavy atom. The Morgan fingerprint density at radius 1 is 0.921 bits per heavy atom. The number of hydrogen-bond donors (Lipinski definition) is 1. The molecule has 0 fully saturated rings. The first kappa shape index (κ1) is 27.0. The Labute approximate surface area is 227 Å². The molecular formula is C30H31N3O4S. The number of aromatic nitrogens is 1. The van der Waals surface area contributed by atoms with Gasteiger partial charge < -0.3 is 9.47 Å². The van der Waals surface area contributed by atoms with Crippen LogP contribution in [0, 0.1) is 0 Å². The maximum Gasteiger partial charge on any atom is 0.257 e. The number of aryl methyl sites for hydroxylation is 2. The molecule has 38 heavy (non-hydrogen) atoms. The minimum absolute atomic E-state index is 0.0465. The van der Waals surface area contributed by atoms with Gasteiger partial charge in [0.05, 0.1) is 6.61 Å². The fourth-order valence-corrected chi connectivity index (χ4v) is 4.58. The lowest BCUT2D eigenvalue weighted by Gasteiger charge is -2.21. The quantitative estimate of drug-likeness (QED) is 0.219. The number of anilines is 3. The molecule has 196 valence electrons. The van der Waals surface area contributed by atoms with E-state index in [0.717, 1.165) is 41.8 Å². The number of nitrogens with one attached hydrogen (secondary N) is 1. The number of hydrogen-bond acceptors (Lipinski definition) is 6. The number of benzene rings is 3. The first-order valence-corrected chi connectivity index (χ1v) is 13.3. The van der Waals surface area contributed by atoms with Crippen LogP contribution in [0.1, 0.15) is 34.8 Å². The Kier molecular flexibility index (Phi) is 9.61. The number of para-hydroxylation sites is 1. The van der Waals surface area contributed by atoms with Crippen LogP contribution in [0.2, 0.25) is 0 Å². The van der Waals surface area contributed by atoms with Crippen molar-refractivity contribution in [3.63, 3.8) is 0 Å². The summed E-state index contributed by atoms with van der Waals surface area (Å²) in [5.74, 6) is 0.381. The van der Waals surface area contributed by atoms with Crippen LogP contribution >= 0.6 is 11.3 Å². The predicted molar refractivity (Wildman–Crippen MR) is 152 cm³/mol. The van der Waals surface area contributed by atoms with Crippen molar-refractivity contribution in [2.45, 2.75) is 26.2 Å². The highest BCUT2D eigenvalue weighted by molar-refractivity contribution is 7.13. The van der Waals surface area contributed by atoms with Crippen molar-refractivity contribution in [1.82, 2.24) is 4.98 Å². The Bertz CT molecular complexity index is 1330. The maximum absolute atomic E-state index is 12.9. The molecule has 0 aliphatic carbocycles. The number of rotatable bonds is 12. The molecule has 0 unspecified atom stereocenters. The summed E-state index contributed by atoms with van der Waals surface area (Å²) in [5, 5.41) is 5.21. The Balaban J connectivity index is 1.47. The number of carbonyl (C=O) groups is 2. The van der Waals surface area contributed by atoms with Gasteiger partial charge in [0.1, 0.15) is 5.75 Å². The lowest BCUT2D eigenvalue weighted by atomic mass is 10.0.